The average molecular weight is 493 g/mol. The predicted molar refractivity (Wildman–Crippen MR) is 146 cm³/mol. The summed E-state index contributed by atoms with van der Waals surface area (Å²) < 4.78 is 13.8. The van der Waals surface area contributed by atoms with Crippen molar-refractivity contribution >= 4 is 23.6 Å². The molecule has 1 atom stereocenters. The first-order valence-electron chi connectivity index (χ1n) is 12.2. The third kappa shape index (κ3) is 7.48. The summed E-state index contributed by atoms with van der Waals surface area (Å²) in [6, 6.07) is 32.8. The molecular formula is C32H29FN2O2. The van der Waals surface area contributed by atoms with Gasteiger partial charge in [-0.15, -0.1) is 0 Å². The molecule has 0 unspecified atom stereocenters. The summed E-state index contributed by atoms with van der Waals surface area (Å²) >= 11 is 0. The molecule has 4 aromatic rings. The van der Waals surface area contributed by atoms with Crippen LogP contribution in [0.1, 0.15) is 35.2 Å². The van der Waals surface area contributed by atoms with E-state index in [-0.39, 0.29) is 36.6 Å². The molecule has 0 aromatic heterocycles. The molecule has 1 N–H and O–H groups in total. The van der Waals surface area contributed by atoms with Gasteiger partial charge in [0.2, 0.25) is 5.91 Å². The minimum absolute atomic E-state index is 0.0809. The lowest BCUT2D eigenvalue weighted by Crippen LogP contribution is -2.29. The Morgan fingerprint density at radius 3 is 2.19 bits per heavy atom. The van der Waals surface area contributed by atoms with Crippen LogP contribution in [0.15, 0.2) is 115 Å². The van der Waals surface area contributed by atoms with E-state index in [4.69, 9.17) is 0 Å². The Morgan fingerprint density at radius 2 is 1.51 bits per heavy atom. The maximum atomic E-state index is 13.8. The molecule has 5 heteroatoms. The smallest absolute Gasteiger partial charge is 0.251 e. The third-order valence-corrected chi connectivity index (χ3v) is 6.00. The fourth-order valence-corrected chi connectivity index (χ4v) is 4.03. The van der Waals surface area contributed by atoms with Crippen molar-refractivity contribution in [2.24, 2.45) is 0 Å². The molecule has 0 radical (unpaired) electrons. The van der Waals surface area contributed by atoms with E-state index in [1.54, 1.807) is 23.1 Å². The fourth-order valence-electron chi connectivity index (χ4n) is 4.03. The third-order valence-electron chi connectivity index (χ3n) is 6.00. The predicted octanol–water partition coefficient (Wildman–Crippen LogP) is 6.49. The molecule has 0 saturated heterocycles. The van der Waals surface area contributed by atoms with E-state index in [1.165, 1.54) is 18.2 Å². The zero-order chi connectivity index (χ0) is 26.0. The number of nitrogens with one attached hydrogen (secondary N) is 1. The summed E-state index contributed by atoms with van der Waals surface area (Å²) in [6.07, 6.45) is 3.50. The molecular weight excluding hydrogens is 463 g/mol. The van der Waals surface area contributed by atoms with Crippen molar-refractivity contribution in [3.05, 3.63) is 143 Å². The van der Waals surface area contributed by atoms with Gasteiger partial charge in [-0.3, -0.25) is 9.59 Å². The number of hydrogen-bond donors (Lipinski definition) is 1. The molecule has 2 amide bonds. The standard InChI is InChI=1S/C32H29FN2O2/c1-24(28-12-6-3-7-13-28)34-31(36)22-26-15-18-30(19-16-26)35(23-27-11-8-14-29(33)21-27)32(37)20-17-25-9-4-2-5-10-25/h2-21,24H,22-23H2,1H3,(H,34,36)/b20-17+/t24-/m1/s1. The Bertz CT molecular complexity index is 1350. The normalized spacial score (nSPS) is 11.7. The van der Waals surface area contributed by atoms with Crippen molar-refractivity contribution in [1.82, 2.24) is 5.32 Å². The van der Waals surface area contributed by atoms with E-state index in [0.29, 0.717) is 11.3 Å². The first-order valence-corrected chi connectivity index (χ1v) is 12.2. The molecule has 37 heavy (non-hydrogen) atoms. The van der Waals surface area contributed by atoms with Gasteiger partial charge in [-0.25, -0.2) is 4.39 Å². The summed E-state index contributed by atoms with van der Waals surface area (Å²) in [7, 11) is 0. The number of amides is 2. The van der Waals surface area contributed by atoms with Gasteiger partial charge in [0.05, 0.1) is 19.0 Å². The van der Waals surface area contributed by atoms with Gasteiger partial charge in [-0.05, 0) is 59.5 Å². The van der Waals surface area contributed by atoms with Gasteiger partial charge >= 0.3 is 0 Å². The van der Waals surface area contributed by atoms with Gasteiger partial charge in [0, 0.05) is 11.8 Å². The van der Waals surface area contributed by atoms with Crippen molar-refractivity contribution in [2.45, 2.75) is 25.9 Å². The SMILES string of the molecule is C[C@@H](NC(=O)Cc1ccc(N(Cc2cccc(F)c2)C(=O)/C=C/c2ccccc2)cc1)c1ccccc1. The van der Waals surface area contributed by atoms with Crippen molar-refractivity contribution in [2.75, 3.05) is 4.90 Å². The molecule has 0 aliphatic heterocycles. The lowest BCUT2D eigenvalue weighted by molar-refractivity contribution is -0.121. The maximum Gasteiger partial charge on any atom is 0.251 e. The zero-order valence-corrected chi connectivity index (χ0v) is 20.7. The molecule has 4 aromatic carbocycles. The van der Waals surface area contributed by atoms with E-state index >= 15 is 0 Å². The second-order valence-electron chi connectivity index (χ2n) is 8.84. The second-order valence-corrected chi connectivity index (χ2v) is 8.84. The number of nitrogens with zero attached hydrogens (tertiary/aromatic N) is 1. The van der Waals surface area contributed by atoms with Crippen LogP contribution in [-0.2, 0) is 22.6 Å². The zero-order valence-electron chi connectivity index (χ0n) is 20.7. The Labute approximate surface area is 217 Å². The van der Waals surface area contributed by atoms with E-state index < -0.39 is 0 Å². The van der Waals surface area contributed by atoms with Crippen LogP contribution in [0.5, 0.6) is 0 Å². The molecule has 0 saturated carbocycles. The topological polar surface area (TPSA) is 49.4 Å². The van der Waals surface area contributed by atoms with Crippen LogP contribution in [-0.4, -0.2) is 11.8 Å². The van der Waals surface area contributed by atoms with Crippen LogP contribution < -0.4 is 10.2 Å². The molecule has 0 bridgehead atoms. The van der Waals surface area contributed by atoms with Gasteiger partial charge in [-0.1, -0.05) is 84.9 Å². The number of hydrogen-bond acceptors (Lipinski definition) is 2. The summed E-state index contributed by atoms with van der Waals surface area (Å²) in [4.78, 5) is 27.4. The summed E-state index contributed by atoms with van der Waals surface area (Å²) in [5.74, 6) is -0.659. The molecule has 0 aliphatic rings. The molecule has 0 aliphatic carbocycles. The van der Waals surface area contributed by atoms with Crippen molar-refractivity contribution < 1.29 is 14.0 Å². The highest BCUT2D eigenvalue weighted by atomic mass is 19.1. The quantitative estimate of drug-likeness (QED) is 0.272. The molecule has 4 rings (SSSR count). The molecule has 0 heterocycles. The lowest BCUT2D eigenvalue weighted by Gasteiger charge is -2.22. The first-order chi connectivity index (χ1) is 18.0. The van der Waals surface area contributed by atoms with Crippen LogP contribution in [0.4, 0.5) is 10.1 Å². The fraction of sp³-hybridized carbons (Fsp3) is 0.125. The Hall–Kier alpha value is -4.51. The van der Waals surface area contributed by atoms with Crippen LogP contribution in [0, 0.1) is 5.82 Å². The van der Waals surface area contributed by atoms with E-state index in [1.807, 2.05) is 91.9 Å². The van der Waals surface area contributed by atoms with Crippen LogP contribution in [0.25, 0.3) is 6.08 Å². The van der Waals surface area contributed by atoms with Crippen molar-refractivity contribution in [1.29, 1.82) is 0 Å². The van der Waals surface area contributed by atoms with Crippen LogP contribution in [0.2, 0.25) is 0 Å². The highest BCUT2D eigenvalue weighted by molar-refractivity contribution is 6.03. The first kappa shape index (κ1) is 25.6. The summed E-state index contributed by atoms with van der Waals surface area (Å²) in [5, 5.41) is 3.02. The van der Waals surface area contributed by atoms with Crippen molar-refractivity contribution in [3.8, 4) is 0 Å². The minimum atomic E-state index is -0.351. The number of anilines is 1. The maximum absolute atomic E-state index is 13.8. The van der Waals surface area contributed by atoms with Crippen molar-refractivity contribution in [3.63, 3.8) is 0 Å². The Morgan fingerprint density at radius 1 is 0.838 bits per heavy atom. The molecule has 0 fully saturated rings. The van der Waals surface area contributed by atoms with Crippen LogP contribution in [0.3, 0.4) is 0 Å². The van der Waals surface area contributed by atoms with E-state index in [9.17, 15) is 14.0 Å². The van der Waals surface area contributed by atoms with Gasteiger partial charge in [0.15, 0.2) is 0 Å². The van der Waals surface area contributed by atoms with Gasteiger partial charge in [0.25, 0.3) is 5.91 Å². The highest BCUT2D eigenvalue weighted by Crippen LogP contribution is 2.21. The average Bonchev–Trinajstić information content (AvgIpc) is 2.92. The number of carbonyl (C=O) groups is 2. The monoisotopic (exact) mass is 492 g/mol. The highest BCUT2D eigenvalue weighted by Gasteiger charge is 2.16. The number of benzene rings is 4. The van der Waals surface area contributed by atoms with Gasteiger partial charge < -0.3 is 10.2 Å². The Balaban J connectivity index is 1.48. The number of rotatable bonds is 9. The van der Waals surface area contributed by atoms with Gasteiger partial charge in [-0.2, -0.15) is 0 Å². The molecule has 0 spiro atoms. The molecule has 186 valence electrons. The Kier molecular flexibility index (Phi) is 8.61. The number of carbonyl (C=O) groups excluding carboxylic acids is 2. The largest absolute Gasteiger partial charge is 0.349 e. The second kappa shape index (κ2) is 12.5. The minimum Gasteiger partial charge on any atom is -0.349 e. The summed E-state index contributed by atoms with van der Waals surface area (Å²) in [5.41, 5.74) is 4.13. The summed E-state index contributed by atoms with van der Waals surface area (Å²) in [6.45, 7) is 2.17. The van der Waals surface area contributed by atoms with Gasteiger partial charge in [0.1, 0.15) is 5.82 Å². The molecule has 4 nitrogen and oxygen atoms in total. The van der Waals surface area contributed by atoms with E-state index in [2.05, 4.69) is 5.32 Å². The van der Waals surface area contributed by atoms with Crippen LogP contribution >= 0.6 is 0 Å². The number of halogens is 1. The van der Waals surface area contributed by atoms with E-state index in [0.717, 1.165) is 16.7 Å². The lowest BCUT2D eigenvalue weighted by atomic mass is 10.1.